The van der Waals surface area contributed by atoms with E-state index in [2.05, 4.69) is 20.1 Å². The predicted molar refractivity (Wildman–Crippen MR) is 92.9 cm³/mol. The van der Waals surface area contributed by atoms with Gasteiger partial charge in [-0.1, -0.05) is 0 Å². The van der Waals surface area contributed by atoms with Gasteiger partial charge in [0.1, 0.15) is 11.6 Å². The minimum Gasteiger partial charge on any atom is -0.465 e. The average Bonchev–Trinajstić information content (AvgIpc) is 3.38. The van der Waals surface area contributed by atoms with Crippen molar-refractivity contribution in [1.29, 1.82) is 0 Å². The zero-order valence-electron chi connectivity index (χ0n) is 14.7. The highest BCUT2D eigenvalue weighted by Crippen LogP contribution is 2.38. The van der Waals surface area contributed by atoms with Crippen LogP contribution in [0.2, 0.25) is 0 Å². The molecule has 2 aromatic rings. The monoisotopic (exact) mass is 341 g/mol. The highest BCUT2D eigenvalue weighted by Gasteiger charge is 2.30. The molecule has 0 amide bonds. The summed E-state index contributed by atoms with van der Waals surface area (Å²) < 4.78 is 4.79. The number of carbonyl (C=O) groups is 1. The Morgan fingerprint density at radius 2 is 2.08 bits per heavy atom. The van der Waals surface area contributed by atoms with Gasteiger partial charge >= 0.3 is 5.97 Å². The number of aromatic nitrogens is 4. The molecule has 2 fully saturated rings. The largest absolute Gasteiger partial charge is 0.465 e. The Hall–Kier alpha value is -2.44. The zero-order chi connectivity index (χ0) is 17.4. The summed E-state index contributed by atoms with van der Waals surface area (Å²) in [5.41, 5.74) is 1.21. The molecule has 7 nitrogen and oxygen atoms in total. The lowest BCUT2D eigenvalue weighted by atomic mass is 9.97. The van der Waals surface area contributed by atoms with Crippen LogP contribution in [0.1, 0.15) is 65.2 Å². The number of nitrogens with zero attached hydrogens (tertiary/aromatic N) is 4. The van der Waals surface area contributed by atoms with Crippen LogP contribution in [0.3, 0.4) is 0 Å². The summed E-state index contributed by atoms with van der Waals surface area (Å²) in [4.78, 5) is 23.3. The first-order chi connectivity index (χ1) is 12.2. The number of esters is 1. The second kappa shape index (κ2) is 6.46. The molecule has 25 heavy (non-hydrogen) atoms. The molecule has 1 atom stereocenters. The molecular weight excluding hydrogens is 318 g/mol. The smallest absolute Gasteiger partial charge is 0.339 e. The van der Waals surface area contributed by atoms with Crippen molar-refractivity contribution in [1.82, 2.24) is 20.2 Å². The summed E-state index contributed by atoms with van der Waals surface area (Å²) in [6.07, 6.45) is 4.62. The van der Waals surface area contributed by atoms with E-state index in [9.17, 15) is 4.79 Å². The molecule has 1 unspecified atom stereocenters. The van der Waals surface area contributed by atoms with E-state index in [0.29, 0.717) is 23.1 Å². The first-order valence-corrected chi connectivity index (χ1v) is 8.89. The standard InChI is InChI=1S/C18H23N5O2/c1-11-14(18(24)25-2)7-8-15(19-11)23-9-3-4-13(10-23)17-20-16(21-22-17)12-5-6-12/h7-8,12-13H,3-6,9-10H2,1-2H3,(H,20,21,22). The highest BCUT2D eigenvalue weighted by molar-refractivity contribution is 5.90. The van der Waals surface area contributed by atoms with Gasteiger partial charge in [0.2, 0.25) is 0 Å². The van der Waals surface area contributed by atoms with Crippen LogP contribution in [0.4, 0.5) is 5.82 Å². The molecule has 1 aliphatic carbocycles. The number of aryl methyl sites for hydroxylation is 1. The number of hydrogen-bond acceptors (Lipinski definition) is 6. The van der Waals surface area contributed by atoms with Gasteiger partial charge in [-0.2, -0.15) is 5.10 Å². The summed E-state index contributed by atoms with van der Waals surface area (Å²) in [7, 11) is 1.39. The molecule has 7 heteroatoms. The number of nitrogens with one attached hydrogen (secondary N) is 1. The number of rotatable bonds is 4. The molecule has 1 N–H and O–H groups in total. The number of carbonyl (C=O) groups excluding carboxylic acids is 1. The maximum Gasteiger partial charge on any atom is 0.339 e. The van der Waals surface area contributed by atoms with Crippen LogP contribution in [0.5, 0.6) is 0 Å². The molecule has 0 aromatic carbocycles. The number of pyridine rings is 1. The molecule has 1 saturated heterocycles. The van der Waals surface area contributed by atoms with Crippen LogP contribution >= 0.6 is 0 Å². The minimum atomic E-state index is -0.346. The molecule has 132 valence electrons. The first-order valence-electron chi connectivity index (χ1n) is 8.89. The Bertz CT molecular complexity index is 784. The topological polar surface area (TPSA) is 84.0 Å². The predicted octanol–water partition coefficient (Wildman–Crippen LogP) is 2.56. The van der Waals surface area contributed by atoms with Gasteiger partial charge in [0.15, 0.2) is 5.82 Å². The fraction of sp³-hybridized carbons (Fsp3) is 0.556. The Labute approximate surface area is 146 Å². The molecule has 1 aliphatic heterocycles. The van der Waals surface area contributed by atoms with Gasteiger partial charge in [-0.15, -0.1) is 0 Å². The van der Waals surface area contributed by atoms with Gasteiger partial charge in [0, 0.05) is 24.9 Å². The van der Waals surface area contributed by atoms with Crippen molar-refractivity contribution in [3.63, 3.8) is 0 Å². The number of aromatic amines is 1. The third-order valence-corrected chi connectivity index (χ3v) is 5.07. The summed E-state index contributed by atoms with van der Waals surface area (Å²) in [5, 5.41) is 7.56. The normalized spacial score (nSPS) is 20.6. The van der Waals surface area contributed by atoms with Crippen LogP contribution in [0.15, 0.2) is 12.1 Å². The van der Waals surface area contributed by atoms with E-state index in [4.69, 9.17) is 9.72 Å². The fourth-order valence-corrected chi connectivity index (χ4v) is 3.46. The molecule has 0 bridgehead atoms. The minimum absolute atomic E-state index is 0.319. The van der Waals surface area contributed by atoms with Crippen molar-refractivity contribution >= 4 is 11.8 Å². The molecule has 0 spiro atoms. The number of H-pyrrole nitrogens is 1. The van der Waals surface area contributed by atoms with E-state index in [1.165, 1.54) is 20.0 Å². The van der Waals surface area contributed by atoms with Crippen molar-refractivity contribution in [3.05, 3.63) is 35.0 Å². The van der Waals surface area contributed by atoms with Gasteiger partial charge in [-0.05, 0) is 44.7 Å². The number of piperidine rings is 1. The van der Waals surface area contributed by atoms with E-state index in [1.807, 2.05) is 13.0 Å². The lowest BCUT2D eigenvalue weighted by molar-refractivity contribution is 0.0599. The van der Waals surface area contributed by atoms with E-state index in [-0.39, 0.29) is 5.97 Å². The lowest BCUT2D eigenvalue weighted by Crippen LogP contribution is -2.35. The first kappa shape index (κ1) is 16.1. The van der Waals surface area contributed by atoms with E-state index >= 15 is 0 Å². The molecule has 2 aromatic heterocycles. The summed E-state index contributed by atoms with van der Waals surface area (Å²) in [5.74, 6) is 3.43. The quantitative estimate of drug-likeness (QED) is 0.861. The van der Waals surface area contributed by atoms with Crippen LogP contribution < -0.4 is 4.90 Å². The van der Waals surface area contributed by atoms with Gasteiger partial charge in [0.25, 0.3) is 0 Å². The van der Waals surface area contributed by atoms with Crippen LogP contribution in [0, 0.1) is 6.92 Å². The summed E-state index contributed by atoms with van der Waals surface area (Å²) in [6.45, 7) is 3.65. The van der Waals surface area contributed by atoms with Crippen molar-refractivity contribution < 1.29 is 9.53 Å². The van der Waals surface area contributed by atoms with Gasteiger partial charge in [-0.3, -0.25) is 5.10 Å². The summed E-state index contributed by atoms with van der Waals surface area (Å²) >= 11 is 0. The van der Waals surface area contributed by atoms with Gasteiger partial charge in [0.05, 0.1) is 18.4 Å². The average molecular weight is 341 g/mol. The fourth-order valence-electron chi connectivity index (χ4n) is 3.46. The van der Waals surface area contributed by atoms with E-state index < -0.39 is 0 Å². The molecule has 1 saturated carbocycles. The third kappa shape index (κ3) is 3.23. The Balaban J connectivity index is 1.50. The summed E-state index contributed by atoms with van der Waals surface area (Å²) in [6, 6.07) is 3.69. The number of methoxy groups -OCH3 is 1. The molecule has 2 aliphatic rings. The highest BCUT2D eigenvalue weighted by atomic mass is 16.5. The van der Waals surface area contributed by atoms with Gasteiger partial charge < -0.3 is 9.64 Å². The molecular formula is C18H23N5O2. The number of hydrogen-bond donors (Lipinski definition) is 1. The number of ether oxygens (including phenoxy) is 1. The lowest BCUT2D eigenvalue weighted by Gasteiger charge is -2.32. The van der Waals surface area contributed by atoms with E-state index in [0.717, 1.165) is 43.4 Å². The second-order valence-electron chi connectivity index (χ2n) is 6.93. The Morgan fingerprint density at radius 3 is 2.80 bits per heavy atom. The van der Waals surface area contributed by atoms with Crippen molar-refractivity contribution in [2.45, 2.75) is 44.4 Å². The van der Waals surface area contributed by atoms with Crippen molar-refractivity contribution in [2.24, 2.45) is 0 Å². The Kier molecular flexibility index (Phi) is 4.15. The van der Waals surface area contributed by atoms with Gasteiger partial charge in [-0.25, -0.2) is 14.8 Å². The van der Waals surface area contributed by atoms with Crippen molar-refractivity contribution in [2.75, 3.05) is 25.1 Å². The Morgan fingerprint density at radius 1 is 1.24 bits per heavy atom. The molecule has 0 radical (unpaired) electrons. The van der Waals surface area contributed by atoms with Crippen LogP contribution in [-0.4, -0.2) is 46.3 Å². The SMILES string of the molecule is COC(=O)c1ccc(N2CCCC(c3n[nH]c(C4CC4)n3)C2)nc1C. The van der Waals surface area contributed by atoms with Crippen LogP contribution in [-0.2, 0) is 4.74 Å². The van der Waals surface area contributed by atoms with E-state index in [1.54, 1.807) is 6.07 Å². The number of anilines is 1. The molecule has 4 rings (SSSR count). The van der Waals surface area contributed by atoms with Crippen LogP contribution in [0.25, 0.3) is 0 Å². The second-order valence-corrected chi connectivity index (χ2v) is 6.93. The zero-order valence-corrected chi connectivity index (χ0v) is 14.7. The maximum absolute atomic E-state index is 11.7. The van der Waals surface area contributed by atoms with Crippen molar-refractivity contribution in [3.8, 4) is 0 Å². The maximum atomic E-state index is 11.7. The third-order valence-electron chi connectivity index (χ3n) is 5.07. The molecule has 3 heterocycles.